The summed E-state index contributed by atoms with van der Waals surface area (Å²) in [7, 11) is 1.52. The van der Waals surface area contributed by atoms with Crippen molar-refractivity contribution in [1.82, 2.24) is 0 Å². The minimum Gasteiger partial charge on any atom is -0.495 e. The lowest BCUT2D eigenvalue weighted by atomic mass is 10.1. The Morgan fingerprint density at radius 2 is 1.84 bits per heavy atom. The normalized spacial score (nSPS) is 16.4. The van der Waals surface area contributed by atoms with Crippen LogP contribution in [0.1, 0.15) is 31.2 Å². The smallest absolute Gasteiger partial charge is 0.233 e. The second kappa shape index (κ2) is 5.84. The lowest BCUT2D eigenvalue weighted by Crippen LogP contribution is -2.35. The zero-order valence-electron chi connectivity index (χ0n) is 11.0. The molecule has 102 valence electrons. The Hall–Kier alpha value is -1.88. The zero-order chi connectivity index (χ0) is 13.8. The van der Waals surface area contributed by atoms with Gasteiger partial charge in [0.15, 0.2) is 0 Å². The van der Waals surface area contributed by atoms with Crippen molar-refractivity contribution in [1.29, 1.82) is 0 Å². The van der Waals surface area contributed by atoms with Crippen LogP contribution in [0.15, 0.2) is 18.2 Å². The molecule has 0 atom stereocenters. The molecule has 0 radical (unpaired) electrons. The molecule has 5 nitrogen and oxygen atoms in total. The van der Waals surface area contributed by atoms with Gasteiger partial charge in [0.1, 0.15) is 5.75 Å². The van der Waals surface area contributed by atoms with Crippen molar-refractivity contribution < 1.29 is 14.3 Å². The van der Waals surface area contributed by atoms with E-state index in [-0.39, 0.29) is 11.8 Å². The summed E-state index contributed by atoms with van der Waals surface area (Å²) < 4.78 is 5.28. The van der Waals surface area contributed by atoms with Gasteiger partial charge in [-0.2, -0.15) is 0 Å². The monoisotopic (exact) mass is 262 g/mol. The van der Waals surface area contributed by atoms with E-state index in [0.717, 1.165) is 18.4 Å². The lowest BCUT2D eigenvalue weighted by molar-refractivity contribution is -0.125. The van der Waals surface area contributed by atoms with Gasteiger partial charge in [-0.1, -0.05) is 6.07 Å². The minimum atomic E-state index is -0.165. The standard InChI is InChI=1S/C14H18N2O3/c1-19-12-8-10(9-15)6-7-11(12)16-13(17)4-2-3-5-14(16)18/h6-8H,2-5,9,15H2,1H3. The third-order valence-corrected chi connectivity index (χ3v) is 3.25. The van der Waals surface area contributed by atoms with Gasteiger partial charge >= 0.3 is 0 Å². The largest absolute Gasteiger partial charge is 0.495 e. The highest BCUT2D eigenvalue weighted by atomic mass is 16.5. The molecule has 2 amide bonds. The second-order valence-electron chi connectivity index (χ2n) is 4.54. The fourth-order valence-electron chi connectivity index (χ4n) is 2.22. The second-order valence-corrected chi connectivity index (χ2v) is 4.54. The summed E-state index contributed by atoms with van der Waals surface area (Å²) in [6, 6.07) is 5.30. The number of hydrogen-bond donors (Lipinski definition) is 1. The van der Waals surface area contributed by atoms with Gasteiger partial charge in [-0.3, -0.25) is 9.59 Å². The van der Waals surface area contributed by atoms with E-state index in [1.54, 1.807) is 12.1 Å². The summed E-state index contributed by atoms with van der Waals surface area (Å²) in [6.07, 6.45) is 2.30. The SMILES string of the molecule is COc1cc(CN)ccc1N1C(=O)CCCCC1=O. The number of rotatable bonds is 3. The number of imide groups is 1. The predicted molar refractivity (Wildman–Crippen MR) is 71.8 cm³/mol. The van der Waals surface area contributed by atoms with Gasteiger partial charge in [-0.15, -0.1) is 0 Å². The number of amides is 2. The molecule has 2 N–H and O–H groups in total. The zero-order valence-corrected chi connectivity index (χ0v) is 11.0. The third kappa shape index (κ3) is 2.76. The number of nitrogens with two attached hydrogens (primary N) is 1. The fourth-order valence-corrected chi connectivity index (χ4v) is 2.22. The van der Waals surface area contributed by atoms with E-state index < -0.39 is 0 Å². The highest BCUT2D eigenvalue weighted by Gasteiger charge is 2.27. The summed E-state index contributed by atoms with van der Waals surface area (Å²) in [5.41, 5.74) is 6.99. The molecule has 0 aromatic heterocycles. The van der Waals surface area contributed by atoms with Crippen LogP contribution in [0.4, 0.5) is 5.69 Å². The number of hydrogen-bond acceptors (Lipinski definition) is 4. The predicted octanol–water partition coefficient (Wildman–Crippen LogP) is 1.59. The van der Waals surface area contributed by atoms with Gasteiger partial charge in [-0.05, 0) is 30.5 Å². The van der Waals surface area contributed by atoms with Crippen LogP contribution in [0.3, 0.4) is 0 Å². The Morgan fingerprint density at radius 3 is 2.37 bits per heavy atom. The molecular weight excluding hydrogens is 244 g/mol. The maximum Gasteiger partial charge on any atom is 0.233 e. The number of anilines is 1. The maximum absolute atomic E-state index is 12.1. The first-order chi connectivity index (χ1) is 9.17. The van der Waals surface area contributed by atoms with Crippen molar-refractivity contribution in [2.24, 2.45) is 5.73 Å². The summed E-state index contributed by atoms with van der Waals surface area (Å²) in [4.78, 5) is 25.4. The van der Waals surface area contributed by atoms with E-state index in [1.807, 2.05) is 6.07 Å². The van der Waals surface area contributed by atoms with Gasteiger partial charge in [0.25, 0.3) is 0 Å². The Bertz CT molecular complexity index is 481. The molecule has 19 heavy (non-hydrogen) atoms. The summed E-state index contributed by atoms with van der Waals surface area (Å²) >= 11 is 0. The van der Waals surface area contributed by atoms with Crippen LogP contribution >= 0.6 is 0 Å². The molecule has 1 aromatic carbocycles. The molecule has 1 aliphatic rings. The van der Waals surface area contributed by atoms with Crippen LogP contribution in [0.5, 0.6) is 5.75 Å². The molecule has 0 unspecified atom stereocenters. The van der Waals surface area contributed by atoms with Crippen LogP contribution in [-0.4, -0.2) is 18.9 Å². The van der Waals surface area contributed by atoms with Gasteiger partial charge in [0.2, 0.25) is 11.8 Å². The third-order valence-electron chi connectivity index (χ3n) is 3.25. The van der Waals surface area contributed by atoms with Crippen LogP contribution in [0, 0.1) is 0 Å². The summed E-state index contributed by atoms with van der Waals surface area (Å²) in [5, 5.41) is 0. The van der Waals surface area contributed by atoms with Crippen LogP contribution in [0.25, 0.3) is 0 Å². The lowest BCUT2D eigenvalue weighted by Gasteiger charge is -2.21. The Labute approximate surface area is 112 Å². The molecule has 1 aliphatic heterocycles. The molecule has 1 aromatic rings. The summed E-state index contributed by atoms with van der Waals surface area (Å²) in [6.45, 7) is 0.387. The fraction of sp³-hybridized carbons (Fsp3) is 0.429. The van der Waals surface area contributed by atoms with Crippen LogP contribution in [0.2, 0.25) is 0 Å². The first-order valence-corrected chi connectivity index (χ1v) is 6.40. The molecule has 0 saturated carbocycles. The summed E-state index contributed by atoms with van der Waals surface area (Å²) in [5.74, 6) is 0.175. The molecular formula is C14H18N2O3. The number of ether oxygens (including phenoxy) is 1. The Morgan fingerprint density at radius 1 is 1.21 bits per heavy atom. The van der Waals surface area contributed by atoms with Gasteiger partial charge in [0.05, 0.1) is 12.8 Å². The van der Waals surface area contributed by atoms with Crippen molar-refractivity contribution in [3.8, 4) is 5.75 Å². The van der Waals surface area contributed by atoms with E-state index in [1.165, 1.54) is 12.0 Å². The van der Waals surface area contributed by atoms with Crippen LogP contribution in [-0.2, 0) is 16.1 Å². The van der Waals surface area contributed by atoms with Crippen molar-refractivity contribution in [2.75, 3.05) is 12.0 Å². The van der Waals surface area contributed by atoms with E-state index >= 15 is 0 Å². The minimum absolute atomic E-state index is 0.165. The average molecular weight is 262 g/mol. The molecule has 1 fully saturated rings. The molecule has 2 rings (SSSR count). The van der Waals surface area contributed by atoms with Crippen molar-refractivity contribution in [3.63, 3.8) is 0 Å². The molecule has 0 aliphatic carbocycles. The van der Waals surface area contributed by atoms with Crippen LogP contribution < -0.4 is 15.4 Å². The first kappa shape index (κ1) is 13.5. The van der Waals surface area contributed by atoms with E-state index in [0.29, 0.717) is 30.8 Å². The Kier molecular flexibility index (Phi) is 4.16. The highest BCUT2D eigenvalue weighted by Crippen LogP contribution is 2.32. The quantitative estimate of drug-likeness (QED) is 0.839. The number of carbonyl (C=O) groups is 2. The number of methoxy groups -OCH3 is 1. The molecule has 5 heteroatoms. The average Bonchev–Trinajstić information content (AvgIpc) is 2.59. The van der Waals surface area contributed by atoms with Crippen molar-refractivity contribution in [2.45, 2.75) is 32.2 Å². The highest BCUT2D eigenvalue weighted by molar-refractivity contribution is 6.16. The first-order valence-electron chi connectivity index (χ1n) is 6.40. The number of carbonyl (C=O) groups excluding carboxylic acids is 2. The Balaban J connectivity index is 2.43. The molecule has 0 bridgehead atoms. The molecule has 1 heterocycles. The number of benzene rings is 1. The van der Waals surface area contributed by atoms with Crippen molar-refractivity contribution in [3.05, 3.63) is 23.8 Å². The van der Waals surface area contributed by atoms with Gasteiger partial charge in [0, 0.05) is 19.4 Å². The molecule has 0 spiro atoms. The van der Waals surface area contributed by atoms with E-state index in [4.69, 9.17) is 10.5 Å². The molecule has 1 saturated heterocycles. The topological polar surface area (TPSA) is 72.6 Å². The number of nitrogens with zero attached hydrogens (tertiary/aromatic N) is 1. The van der Waals surface area contributed by atoms with Gasteiger partial charge in [-0.25, -0.2) is 4.90 Å². The van der Waals surface area contributed by atoms with E-state index in [2.05, 4.69) is 0 Å². The van der Waals surface area contributed by atoms with Gasteiger partial charge < -0.3 is 10.5 Å². The van der Waals surface area contributed by atoms with E-state index in [9.17, 15) is 9.59 Å². The maximum atomic E-state index is 12.1. The van der Waals surface area contributed by atoms with Crippen molar-refractivity contribution >= 4 is 17.5 Å².